The first-order valence-electron chi connectivity index (χ1n) is 7.29. The lowest BCUT2D eigenvalue weighted by atomic mass is 10.1. The molecule has 0 aliphatic rings. The lowest BCUT2D eigenvalue weighted by Crippen LogP contribution is -2.19. The minimum Gasteiger partial charge on any atom is -0.321 e. The van der Waals surface area contributed by atoms with Crippen LogP contribution in [-0.2, 0) is 11.8 Å². The molecule has 0 fully saturated rings. The van der Waals surface area contributed by atoms with E-state index in [1.807, 2.05) is 0 Å². The molecule has 128 valence electrons. The second kappa shape index (κ2) is 7.04. The van der Waals surface area contributed by atoms with Crippen LogP contribution in [0.4, 0.5) is 26.1 Å². The van der Waals surface area contributed by atoms with Crippen LogP contribution in [-0.4, -0.2) is 32.1 Å². The van der Waals surface area contributed by atoms with Gasteiger partial charge in [0.15, 0.2) is 0 Å². The zero-order chi connectivity index (χ0) is 17.8. The van der Waals surface area contributed by atoms with Gasteiger partial charge in [-0.2, -0.15) is 13.9 Å². The van der Waals surface area contributed by atoms with Crippen molar-refractivity contribution in [2.75, 3.05) is 10.6 Å². The first-order valence-corrected chi connectivity index (χ1v) is 7.29. The molecule has 0 radical (unpaired) electrons. The van der Waals surface area contributed by atoms with Crippen LogP contribution in [0.3, 0.4) is 0 Å². The largest absolute Gasteiger partial charge is 0.321 e. The fourth-order valence-electron chi connectivity index (χ4n) is 2.12. The summed E-state index contributed by atoms with van der Waals surface area (Å²) in [6, 6.07) is 8.15. The third-order valence-electron chi connectivity index (χ3n) is 3.26. The molecule has 2 aromatic heterocycles. The topological polar surface area (TPSA) is 84.7 Å². The molecule has 3 aromatic rings. The van der Waals surface area contributed by atoms with E-state index in [1.54, 1.807) is 48.5 Å². The molecule has 2 N–H and O–H groups in total. The van der Waals surface area contributed by atoms with E-state index in [0.29, 0.717) is 11.6 Å². The Bertz CT molecular complexity index is 878. The van der Waals surface area contributed by atoms with Gasteiger partial charge in [0.1, 0.15) is 0 Å². The highest BCUT2D eigenvalue weighted by Crippen LogP contribution is 2.21. The summed E-state index contributed by atoms with van der Waals surface area (Å²) in [6.07, 6.45) is 1.99. The van der Waals surface area contributed by atoms with Crippen LogP contribution in [0.5, 0.6) is 0 Å². The predicted octanol–water partition coefficient (Wildman–Crippen LogP) is 2.82. The van der Waals surface area contributed by atoms with E-state index in [4.69, 9.17) is 0 Å². The summed E-state index contributed by atoms with van der Waals surface area (Å²) in [7, 11) is 1.80. The number of anilines is 3. The number of nitrogens with one attached hydrogen (secondary N) is 2. The number of nitrogens with zero attached hydrogens (tertiary/aromatic N) is 4. The first-order chi connectivity index (χ1) is 12.0. The molecule has 0 saturated carbocycles. The van der Waals surface area contributed by atoms with Crippen LogP contribution >= 0.6 is 0 Å². The van der Waals surface area contributed by atoms with Gasteiger partial charge in [-0.1, -0.05) is 12.1 Å². The van der Waals surface area contributed by atoms with E-state index in [9.17, 15) is 13.6 Å². The lowest BCUT2D eigenvalue weighted by molar-refractivity contribution is -0.126. The minimum atomic E-state index is -3.05. The summed E-state index contributed by atoms with van der Waals surface area (Å²) in [5.74, 6) is -0.932. The maximum Gasteiger partial charge on any atom is 0.315 e. The Morgan fingerprint density at radius 2 is 1.92 bits per heavy atom. The molecule has 1 aromatic carbocycles. The van der Waals surface area contributed by atoms with Gasteiger partial charge in [-0.05, 0) is 18.2 Å². The third kappa shape index (κ3) is 4.14. The van der Waals surface area contributed by atoms with Gasteiger partial charge < -0.3 is 10.6 Å². The number of benzene rings is 1. The molecule has 2 heterocycles. The smallest absolute Gasteiger partial charge is 0.315 e. The number of amides is 1. The van der Waals surface area contributed by atoms with Crippen molar-refractivity contribution in [2.24, 2.45) is 7.05 Å². The van der Waals surface area contributed by atoms with Crippen LogP contribution in [0.15, 0.2) is 48.9 Å². The van der Waals surface area contributed by atoms with Gasteiger partial charge >= 0.3 is 6.43 Å². The predicted molar refractivity (Wildman–Crippen MR) is 88.6 cm³/mol. The van der Waals surface area contributed by atoms with Gasteiger partial charge in [-0.25, -0.2) is 9.97 Å². The van der Waals surface area contributed by atoms with Gasteiger partial charge in [-0.15, -0.1) is 0 Å². The van der Waals surface area contributed by atoms with Gasteiger partial charge in [0.05, 0.1) is 17.6 Å². The van der Waals surface area contributed by atoms with Crippen LogP contribution in [0.1, 0.15) is 0 Å². The molecule has 0 bridgehead atoms. The molecule has 0 aliphatic carbocycles. The number of hydrogen-bond acceptors (Lipinski definition) is 5. The minimum absolute atomic E-state index is 0.289. The standard InChI is InChI=1S/C16H14F2N6O/c1-24-9-12(8-20-24)22-16-19-7-6-13(23-16)10-2-4-11(5-3-10)21-15(25)14(17)18/h2-9,14H,1H3,(H,21,25)(H,19,22,23). The average Bonchev–Trinajstić information content (AvgIpc) is 3.00. The molecule has 25 heavy (non-hydrogen) atoms. The van der Waals surface area contributed by atoms with Gasteiger partial charge in [-0.3, -0.25) is 9.48 Å². The summed E-state index contributed by atoms with van der Waals surface area (Å²) >= 11 is 0. The van der Waals surface area contributed by atoms with E-state index in [2.05, 4.69) is 25.7 Å². The number of halogens is 2. The zero-order valence-corrected chi connectivity index (χ0v) is 13.1. The van der Waals surface area contributed by atoms with Crippen molar-refractivity contribution >= 4 is 23.2 Å². The average molecular weight is 344 g/mol. The van der Waals surface area contributed by atoms with E-state index < -0.39 is 12.3 Å². The first kappa shape index (κ1) is 16.5. The highest BCUT2D eigenvalue weighted by atomic mass is 19.3. The van der Waals surface area contributed by atoms with E-state index in [0.717, 1.165) is 11.3 Å². The monoisotopic (exact) mass is 344 g/mol. The second-order valence-corrected chi connectivity index (χ2v) is 5.16. The quantitative estimate of drug-likeness (QED) is 0.743. The van der Waals surface area contributed by atoms with Crippen molar-refractivity contribution in [3.8, 4) is 11.3 Å². The molecule has 1 amide bonds. The van der Waals surface area contributed by atoms with Gasteiger partial charge in [0.25, 0.3) is 5.91 Å². The highest BCUT2D eigenvalue weighted by molar-refractivity contribution is 5.93. The molecule has 7 nitrogen and oxygen atoms in total. The van der Waals surface area contributed by atoms with E-state index >= 15 is 0 Å². The number of alkyl halides is 2. The van der Waals surface area contributed by atoms with Crippen molar-refractivity contribution in [1.29, 1.82) is 0 Å². The van der Waals surface area contributed by atoms with Crippen molar-refractivity contribution in [3.63, 3.8) is 0 Å². The molecule has 0 aliphatic heterocycles. The van der Waals surface area contributed by atoms with Crippen LogP contribution < -0.4 is 10.6 Å². The maximum absolute atomic E-state index is 12.2. The summed E-state index contributed by atoms with van der Waals surface area (Å²) in [5.41, 5.74) is 2.45. The molecule has 0 unspecified atom stereocenters. The van der Waals surface area contributed by atoms with E-state index in [1.165, 1.54) is 12.1 Å². The summed E-state index contributed by atoms with van der Waals surface area (Å²) in [5, 5.41) is 9.21. The molecule has 0 saturated heterocycles. The number of rotatable bonds is 5. The third-order valence-corrected chi connectivity index (χ3v) is 3.26. The molecular formula is C16H14F2N6O. The molecule has 0 spiro atoms. The fraction of sp³-hybridized carbons (Fsp3) is 0.125. The van der Waals surface area contributed by atoms with Crippen LogP contribution in [0.25, 0.3) is 11.3 Å². The maximum atomic E-state index is 12.2. The highest BCUT2D eigenvalue weighted by Gasteiger charge is 2.14. The molecule has 3 rings (SSSR count). The normalized spacial score (nSPS) is 10.7. The number of carbonyl (C=O) groups excluding carboxylic acids is 1. The summed E-state index contributed by atoms with van der Waals surface area (Å²) in [6.45, 7) is 0. The van der Waals surface area contributed by atoms with Crippen LogP contribution in [0.2, 0.25) is 0 Å². The molecule has 0 atom stereocenters. The lowest BCUT2D eigenvalue weighted by Gasteiger charge is -2.07. The van der Waals surface area contributed by atoms with Crippen LogP contribution in [0, 0.1) is 0 Å². The number of carbonyl (C=O) groups is 1. The second-order valence-electron chi connectivity index (χ2n) is 5.16. The number of hydrogen-bond donors (Lipinski definition) is 2. The SMILES string of the molecule is Cn1cc(Nc2nccc(-c3ccc(NC(=O)C(F)F)cc3)n2)cn1. The Morgan fingerprint density at radius 1 is 1.16 bits per heavy atom. The van der Waals surface area contributed by atoms with Crippen molar-refractivity contribution < 1.29 is 13.6 Å². The summed E-state index contributed by atoms with van der Waals surface area (Å²) < 4.78 is 26.1. The molecular weight excluding hydrogens is 330 g/mol. The van der Waals surface area contributed by atoms with Crippen molar-refractivity contribution in [3.05, 3.63) is 48.9 Å². The molecule has 9 heteroatoms. The van der Waals surface area contributed by atoms with Gasteiger partial charge in [0, 0.05) is 30.7 Å². The Balaban J connectivity index is 1.75. The van der Waals surface area contributed by atoms with Crippen molar-refractivity contribution in [1.82, 2.24) is 19.7 Å². The number of aryl methyl sites for hydroxylation is 1. The van der Waals surface area contributed by atoms with Crippen molar-refractivity contribution in [2.45, 2.75) is 6.43 Å². The Morgan fingerprint density at radius 3 is 2.56 bits per heavy atom. The van der Waals surface area contributed by atoms with Gasteiger partial charge in [0.2, 0.25) is 5.95 Å². The Hall–Kier alpha value is -3.36. The van der Waals surface area contributed by atoms with E-state index in [-0.39, 0.29) is 5.69 Å². The summed E-state index contributed by atoms with van der Waals surface area (Å²) in [4.78, 5) is 19.5. The Kier molecular flexibility index (Phi) is 4.64. The number of aromatic nitrogens is 4. The fourth-order valence-corrected chi connectivity index (χ4v) is 2.12. The Labute approximate surface area is 141 Å². The zero-order valence-electron chi connectivity index (χ0n) is 13.1.